The lowest BCUT2D eigenvalue weighted by Gasteiger charge is -2.38. The van der Waals surface area contributed by atoms with Crippen LogP contribution in [0.1, 0.15) is 44.9 Å². The number of primary amides is 1. The van der Waals surface area contributed by atoms with Gasteiger partial charge < -0.3 is 15.8 Å². The van der Waals surface area contributed by atoms with E-state index >= 15 is 0 Å². The lowest BCUT2D eigenvalue weighted by Crippen LogP contribution is -2.52. The molecule has 2 fully saturated rings. The zero-order chi connectivity index (χ0) is 16.7. The molecular weight excluding hydrogens is 294 g/mol. The summed E-state index contributed by atoms with van der Waals surface area (Å²) in [5.74, 6) is 0.505. The molecule has 6 heteroatoms. The van der Waals surface area contributed by atoms with Crippen molar-refractivity contribution < 1.29 is 14.3 Å². The fourth-order valence-corrected chi connectivity index (χ4v) is 3.99. The molecule has 1 amide bonds. The number of ether oxygens (including phenoxy) is 1. The molecule has 2 unspecified atom stereocenters. The van der Waals surface area contributed by atoms with Crippen LogP contribution in [0, 0.1) is 11.8 Å². The first-order valence-electron chi connectivity index (χ1n) is 8.87. The molecule has 132 valence electrons. The van der Waals surface area contributed by atoms with E-state index in [4.69, 9.17) is 10.5 Å². The predicted molar refractivity (Wildman–Crippen MR) is 88.7 cm³/mol. The molecule has 2 rings (SSSR count). The largest absolute Gasteiger partial charge is 0.469 e. The van der Waals surface area contributed by atoms with Crippen molar-refractivity contribution in [3.63, 3.8) is 0 Å². The molecule has 1 saturated heterocycles. The summed E-state index contributed by atoms with van der Waals surface area (Å²) in [6.07, 6.45) is 8.05. The quantitative estimate of drug-likeness (QED) is 0.679. The van der Waals surface area contributed by atoms with E-state index in [0.29, 0.717) is 12.5 Å². The molecule has 1 saturated carbocycles. The number of piperidine rings is 1. The summed E-state index contributed by atoms with van der Waals surface area (Å²) in [4.78, 5) is 24.9. The SMILES string of the molecule is COC(=O)CC1CC(NCC2CCCCC2)CN(CC(N)=O)C1. The summed E-state index contributed by atoms with van der Waals surface area (Å²) in [6.45, 7) is 2.87. The number of rotatable bonds is 7. The van der Waals surface area contributed by atoms with E-state index in [-0.39, 0.29) is 24.3 Å². The highest BCUT2D eigenvalue weighted by molar-refractivity contribution is 5.76. The van der Waals surface area contributed by atoms with Gasteiger partial charge in [-0.05, 0) is 37.6 Å². The highest BCUT2D eigenvalue weighted by Gasteiger charge is 2.29. The van der Waals surface area contributed by atoms with Gasteiger partial charge in [0.25, 0.3) is 0 Å². The van der Waals surface area contributed by atoms with Crippen LogP contribution in [0.2, 0.25) is 0 Å². The number of hydrogen-bond donors (Lipinski definition) is 2. The van der Waals surface area contributed by atoms with Gasteiger partial charge in [0.05, 0.1) is 13.7 Å². The fraction of sp³-hybridized carbons (Fsp3) is 0.882. The molecule has 2 aliphatic rings. The maximum absolute atomic E-state index is 11.6. The maximum Gasteiger partial charge on any atom is 0.305 e. The second-order valence-corrected chi connectivity index (χ2v) is 7.15. The summed E-state index contributed by atoms with van der Waals surface area (Å²) >= 11 is 0. The number of carbonyl (C=O) groups excluding carboxylic acids is 2. The Kier molecular flexibility index (Phi) is 7.30. The minimum Gasteiger partial charge on any atom is -0.469 e. The van der Waals surface area contributed by atoms with Crippen LogP contribution in [0.15, 0.2) is 0 Å². The molecule has 1 aliphatic heterocycles. The average molecular weight is 325 g/mol. The molecule has 1 aliphatic carbocycles. The van der Waals surface area contributed by atoms with Gasteiger partial charge in [0.2, 0.25) is 5.91 Å². The smallest absolute Gasteiger partial charge is 0.305 e. The molecule has 3 N–H and O–H groups in total. The Morgan fingerprint density at radius 2 is 1.91 bits per heavy atom. The van der Waals surface area contributed by atoms with Crippen molar-refractivity contribution in [1.29, 1.82) is 0 Å². The number of carbonyl (C=O) groups is 2. The standard InChI is InChI=1S/C17H31N3O3/c1-23-17(22)8-14-7-15(11-20(10-14)12-16(18)21)19-9-13-5-3-2-4-6-13/h13-15,19H,2-12H2,1H3,(H2,18,21). The highest BCUT2D eigenvalue weighted by atomic mass is 16.5. The van der Waals surface area contributed by atoms with E-state index in [0.717, 1.165) is 32.0 Å². The van der Waals surface area contributed by atoms with Crippen LogP contribution < -0.4 is 11.1 Å². The number of nitrogens with one attached hydrogen (secondary N) is 1. The molecule has 6 nitrogen and oxygen atoms in total. The monoisotopic (exact) mass is 325 g/mol. The summed E-state index contributed by atoms with van der Waals surface area (Å²) in [5, 5.41) is 3.67. The second-order valence-electron chi connectivity index (χ2n) is 7.15. The zero-order valence-corrected chi connectivity index (χ0v) is 14.3. The van der Waals surface area contributed by atoms with Crippen LogP contribution in [0.25, 0.3) is 0 Å². The van der Waals surface area contributed by atoms with Gasteiger partial charge in [0.15, 0.2) is 0 Å². The number of methoxy groups -OCH3 is 1. The third-order valence-electron chi connectivity index (χ3n) is 5.10. The Bertz CT molecular complexity index is 397. The molecule has 0 spiro atoms. The van der Waals surface area contributed by atoms with Crippen molar-refractivity contribution in [3.8, 4) is 0 Å². The number of amides is 1. The van der Waals surface area contributed by atoms with Crippen molar-refractivity contribution >= 4 is 11.9 Å². The van der Waals surface area contributed by atoms with Crippen molar-refractivity contribution in [2.75, 3.05) is 33.3 Å². The van der Waals surface area contributed by atoms with Crippen molar-refractivity contribution in [1.82, 2.24) is 10.2 Å². The maximum atomic E-state index is 11.6. The third kappa shape index (κ3) is 6.47. The Balaban J connectivity index is 1.85. The van der Waals surface area contributed by atoms with Crippen LogP contribution in [-0.2, 0) is 14.3 Å². The first kappa shape index (κ1) is 18.2. The molecule has 0 aromatic carbocycles. The lowest BCUT2D eigenvalue weighted by molar-refractivity contribution is -0.142. The van der Waals surface area contributed by atoms with Gasteiger partial charge in [-0.25, -0.2) is 0 Å². The molecule has 1 heterocycles. The number of nitrogens with zero attached hydrogens (tertiary/aromatic N) is 1. The summed E-state index contributed by atoms with van der Waals surface area (Å²) in [7, 11) is 1.42. The normalized spacial score (nSPS) is 26.8. The van der Waals surface area contributed by atoms with Crippen molar-refractivity contribution in [3.05, 3.63) is 0 Å². The summed E-state index contributed by atoms with van der Waals surface area (Å²) in [5.41, 5.74) is 5.34. The van der Waals surface area contributed by atoms with Crippen LogP contribution in [-0.4, -0.2) is 56.1 Å². The van der Waals surface area contributed by atoms with E-state index in [1.807, 2.05) is 0 Å². The number of esters is 1. The lowest BCUT2D eigenvalue weighted by atomic mass is 9.88. The second kappa shape index (κ2) is 9.23. The Hall–Kier alpha value is -1.14. The predicted octanol–water partition coefficient (Wildman–Crippen LogP) is 0.895. The van der Waals surface area contributed by atoms with Gasteiger partial charge in [-0.2, -0.15) is 0 Å². The molecule has 0 aromatic rings. The molecule has 23 heavy (non-hydrogen) atoms. The Morgan fingerprint density at radius 1 is 1.17 bits per heavy atom. The third-order valence-corrected chi connectivity index (χ3v) is 5.10. The fourth-order valence-electron chi connectivity index (χ4n) is 3.99. The molecule has 0 bridgehead atoms. The van der Waals surface area contributed by atoms with E-state index in [1.165, 1.54) is 39.2 Å². The van der Waals surface area contributed by atoms with Crippen LogP contribution in [0.5, 0.6) is 0 Å². The van der Waals surface area contributed by atoms with Crippen LogP contribution in [0.3, 0.4) is 0 Å². The minimum absolute atomic E-state index is 0.179. The highest BCUT2D eigenvalue weighted by Crippen LogP contribution is 2.24. The first-order chi connectivity index (χ1) is 11.1. The zero-order valence-electron chi connectivity index (χ0n) is 14.3. The van der Waals surface area contributed by atoms with Gasteiger partial charge in [-0.3, -0.25) is 14.5 Å². The number of likely N-dealkylation sites (tertiary alicyclic amines) is 1. The van der Waals surface area contributed by atoms with E-state index in [1.54, 1.807) is 0 Å². The van der Waals surface area contributed by atoms with Gasteiger partial charge >= 0.3 is 5.97 Å². The molecule has 0 aromatic heterocycles. The Morgan fingerprint density at radius 3 is 2.57 bits per heavy atom. The van der Waals surface area contributed by atoms with Gasteiger partial charge in [0, 0.05) is 25.6 Å². The topological polar surface area (TPSA) is 84.7 Å². The van der Waals surface area contributed by atoms with Crippen molar-refractivity contribution in [2.24, 2.45) is 17.6 Å². The first-order valence-corrected chi connectivity index (χ1v) is 8.87. The van der Waals surface area contributed by atoms with Crippen LogP contribution in [0.4, 0.5) is 0 Å². The average Bonchev–Trinajstić information content (AvgIpc) is 2.53. The van der Waals surface area contributed by atoms with Crippen LogP contribution >= 0.6 is 0 Å². The number of hydrogen-bond acceptors (Lipinski definition) is 5. The van der Waals surface area contributed by atoms with E-state index in [2.05, 4.69) is 10.2 Å². The summed E-state index contributed by atoms with van der Waals surface area (Å²) < 4.78 is 4.79. The van der Waals surface area contributed by atoms with Gasteiger partial charge in [-0.15, -0.1) is 0 Å². The van der Waals surface area contributed by atoms with E-state index < -0.39 is 0 Å². The van der Waals surface area contributed by atoms with Crippen molar-refractivity contribution in [2.45, 2.75) is 51.0 Å². The van der Waals surface area contributed by atoms with Gasteiger partial charge in [-0.1, -0.05) is 19.3 Å². The minimum atomic E-state index is -0.310. The molecule has 0 radical (unpaired) electrons. The molecular formula is C17H31N3O3. The Labute approximate surface area is 139 Å². The number of nitrogens with two attached hydrogens (primary N) is 1. The van der Waals surface area contributed by atoms with E-state index in [9.17, 15) is 9.59 Å². The summed E-state index contributed by atoms with van der Waals surface area (Å²) in [6, 6.07) is 0.319. The van der Waals surface area contributed by atoms with Gasteiger partial charge in [0.1, 0.15) is 0 Å². The molecule has 2 atom stereocenters.